The van der Waals surface area contributed by atoms with Gasteiger partial charge in [0.1, 0.15) is 11.6 Å². The number of aryl methyl sites for hydroxylation is 1. The number of hydrogen-bond acceptors (Lipinski definition) is 5. The van der Waals surface area contributed by atoms with E-state index in [4.69, 9.17) is 4.98 Å². The molecule has 1 saturated heterocycles. The van der Waals surface area contributed by atoms with Gasteiger partial charge in [-0.2, -0.15) is 16.9 Å². The standard InChI is InChI=1S/C14H19N5S/c1-15-13-7-11(10-8-16-19(2)9-10)17-14(18-13)12-5-3-4-6-20-12/h7-9,12H,3-6H2,1-2H3,(H,15,17,18). The van der Waals surface area contributed by atoms with Gasteiger partial charge in [0, 0.05) is 31.9 Å². The zero-order valence-corrected chi connectivity index (χ0v) is 12.7. The summed E-state index contributed by atoms with van der Waals surface area (Å²) in [4.78, 5) is 9.40. The van der Waals surface area contributed by atoms with Gasteiger partial charge in [0.15, 0.2) is 0 Å². The van der Waals surface area contributed by atoms with E-state index in [1.807, 2.05) is 44.3 Å². The lowest BCUT2D eigenvalue weighted by Gasteiger charge is -2.20. The molecule has 20 heavy (non-hydrogen) atoms. The SMILES string of the molecule is CNc1cc(-c2cnn(C)c2)nc(C2CCCCS2)n1. The number of anilines is 1. The fourth-order valence-electron chi connectivity index (χ4n) is 2.38. The second-order valence-corrected chi connectivity index (χ2v) is 6.32. The van der Waals surface area contributed by atoms with E-state index in [-0.39, 0.29) is 0 Å². The van der Waals surface area contributed by atoms with Gasteiger partial charge >= 0.3 is 0 Å². The van der Waals surface area contributed by atoms with Gasteiger partial charge in [-0.1, -0.05) is 6.42 Å². The lowest BCUT2D eigenvalue weighted by atomic mass is 10.1. The fourth-order valence-corrected chi connectivity index (χ4v) is 3.63. The van der Waals surface area contributed by atoms with Crippen LogP contribution in [0.25, 0.3) is 11.3 Å². The maximum atomic E-state index is 4.76. The summed E-state index contributed by atoms with van der Waals surface area (Å²) in [5, 5.41) is 7.78. The summed E-state index contributed by atoms with van der Waals surface area (Å²) in [6, 6.07) is 1.98. The van der Waals surface area contributed by atoms with Gasteiger partial charge < -0.3 is 5.32 Å². The van der Waals surface area contributed by atoms with Crippen molar-refractivity contribution in [3.8, 4) is 11.3 Å². The van der Waals surface area contributed by atoms with Gasteiger partial charge in [0.25, 0.3) is 0 Å². The summed E-state index contributed by atoms with van der Waals surface area (Å²) in [7, 11) is 3.81. The molecule has 3 rings (SSSR count). The van der Waals surface area contributed by atoms with Crippen LogP contribution in [-0.4, -0.2) is 32.5 Å². The van der Waals surface area contributed by atoms with E-state index in [9.17, 15) is 0 Å². The first-order chi connectivity index (χ1) is 9.76. The van der Waals surface area contributed by atoms with Crippen molar-refractivity contribution >= 4 is 17.6 Å². The molecule has 5 nitrogen and oxygen atoms in total. The van der Waals surface area contributed by atoms with Crippen LogP contribution in [0.5, 0.6) is 0 Å². The average molecular weight is 289 g/mol. The second kappa shape index (κ2) is 5.83. The first-order valence-electron chi connectivity index (χ1n) is 6.93. The molecule has 1 aliphatic rings. The van der Waals surface area contributed by atoms with Crippen LogP contribution in [-0.2, 0) is 7.05 Å². The minimum Gasteiger partial charge on any atom is -0.373 e. The predicted molar refractivity (Wildman–Crippen MR) is 82.8 cm³/mol. The highest BCUT2D eigenvalue weighted by Crippen LogP contribution is 2.37. The van der Waals surface area contributed by atoms with Gasteiger partial charge in [-0.05, 0) is 18.6 Å². The van der Waals surface area contributed by atoms with Crippen LogP contribution in [0.2, 0.25) is 0 Å². The molecule has 1 aliphatic heterocycles. The zero-order chi connectivity index (χ0) is 13.9. The summed E-state index contributed by atoms with van der Waals surface area (Å²) >= 11 is 1.97. The van der Waals surface area contributed by atoms with Crippen LogP contribution in [0.15, 0.2) is 18.5 Å². The summed E-state index contributed by atoms with van der Waals surface area (Å²) < 4.78 is 1.80. The molecule has 0 saturated carbocycles. The van der Waals surface area contributed by atoms with E-state index in [1.54, 1.807) is 4.68 Å². The predicted octanol–water partition coefficient (Wildman–Crippen LogP) is 2.88. The Morgan fingerprint density at radius 3 is 2.90 bits per heavy atom. The third-order valence-electron chi connectivity index (χ3n) is 3.47. The highest BCUT2D eigenvalue weighted by molar-refractivity contribution is 7.99. The maximum Gasteiger partial charge on any atom is 0.144 e. The summed E-state index contributed by atoms with van der Waals surface area (Å²) in [5.74, 6) is 3.03. The van der Waals surface area contributed by atoms with Crippen molar-refractivity contribution in [3.05, 3.63) is 24.3 Å². The smallest absolute Gasteiger partial charge is 0.144 e. The van der Waals surface area contributed by atoms with Crippen molar-refractivity contribution in [2.75, 3.05) is 18.1 Å². The van der Waals surface area contributed by atoms with Gasteiger partial charge in [-0.3, -0.25) is 4.68 Å². The van der Waals surface area contributed by atoms with Crippen molar-refractivity contribution in [3.63, 3.8) is 0 Å². The first-order valence-corrected chi connectivity index (χ1v) is 7.98. The van der Waals surface area contributed by atoms with E-state index < -0.39 is 0 Å². The molecule has 1 fully saturated rings. The Kier molecular flexibility index (Phi) is 3.91. The third kappa shape index (κ3) is 2.80. The van der Waals surface area contributed by atoms with Crippen LogP contribution in [0.1, 0.15) is 30.3 Å². The van der Waals surface area contributed by atoms with E-state index in [2.05, 4.69) is 15.4 Å². The summed E-state index contributed by atoms with van der Waals surface area (Å²) in [6.07, 6.45) is 7.58. The molecule has 2 aromatic rings. The largest absolute Gasteiger partial charge is 0.373 e. The van der Waals surface area contributed by atoms with Crippen LogP contribution in [0.3, 0.4) is 0 Å². The molecular formula is C14H19N5S. The van der Waals surface area contributed by atoms with Crippen molar-refractivity contribution in [2.45, 2.75) is 24.5 Å². The molecule has 0 aromatic carbocycles. The normalized spacial score (nSPS) is 19.0. The summed E-state index contributed by atoms with van der Waals surface area (Å²) in [6.45, 7) is 0. The van der Waals surface area contributed by atoms with Crippen LogP contribution < -0.4 is 5.32 Å². The van der Waals surface area contributed by atoms with Crippen molar-refractivity contribution < 1.29 is 0 Å². The van der Waals surface area contributed by atoms with E-state index in [0.29, 0.717) is 5.25 Å². The Hall–Kier alpha value is -1.56. The number of aromatic nitrogens is 4. The lowest BCUT2D eigenvalue weighted by Crippen LogP contribution is -2.08. The van der Waals surface area contributed by atoms with Crippen LogP contribution in [0, 0.1) is 0 Å². The van der Waals surface area contributed by atoms with E-state index in [0.717, 1.165) is 22.9 Å². The number of rotatable bonds is 3. The Balaban J connectivity index is 1.97. The van der Waals surface area contributed by atoms with Crippen LogP contribution >= 0.6 is 11.8 Å². The Bertz CT molecular complexity index is 589. The number of nitrogens with one attached hydrogen (secondary N) is 1. The number of thioether (sulfide) groups is 1. The number of hydrogen-bond donors (Lipinski definition) is 1. The monoisotopic (exact) mass is 289 g/mol. The molecule has 2 aromatic heterocycles. The number of nitrogens with zero attached hydrogens (tertiary/aromatic N) is 4. The second-order valence-electron chi connectivity index (χ2n) is 5.00. The van der Waals surface area contributed by atoms with Gasteiger partial charge in [-0.25, -0.2) is 9.97 Å². The molecule has 0 spiro atoms. The Labute approximate surface area is 123 Å². The molecule has 1 atom stereocenters. The van der Waals surface area contributed by atoms with Crippen molar-refractivity contribution in [1.29, 1.82) is 0 Å². The highest BCUT2D eigenvalue weighted by atomic mass is 32.2. The molecule has 1 unspecified atom stereocenters. The molecule has 1 N–H and O–H groups in total. The van der Waals surface area contributed by atoms with Crippen LogP contribution in [0.4, 0.5) is 5.82 Å². The minimum absolute atomic E-state index is 0.424. The molecule has 0 bridgehead atoms. The quantitative estimate of drug-likeness (QED) is 0.941. The molecule has 6 heteroatoms. The Morgan fingerprint density at radius 1 is 1.35 bits per heavy atom. The Morgan fingerprint density at radius 2 is 2.25 bits per heavy atom. The van der Waals surface area contributed by atoms with E-state index in [1.165, 1.54) is 25.0 Å². The molecular weight excluding hydrogens is 270 g/mol. The average Bonchev–Trinajstić information content (AvgIpc) is 2.94. The first kappa shape index (κ1) is 13.4. The molecule has 0 aliphatic carbocycles. The van der Waals surface area contributed by atoms with Gasteiger partial charge in [0.05, 0.1) is 17.1 Å². The molecule has 0 radical (unpaired) electrons. The molecule has 0 amide bonds. The van der Waals surface area contributed by atoms with E-state index >= 15 is 0 Å². The zero-order valence-electron chi connectivity index (χ0n) is 11.8. The summed E-state index contributed by atoms with van der Waals surface area (Å²) in [5.41, 5.74) is 1.98. The lowest BCUT2D eigenvalue weighted by molar-refractivity contribution is 0.663. The minimum atomic E-state index is 0.424. The van der Waals surface area contributed by atoms with Gasteiger partial charge in [-0.15, -0.1) is 0 Å². The topological polar surface area (TPSA) is 55.6 Å². The maximum absolute atomic E-state index is 4.76. The molecule has 3 heterocycles. The molecule has 106 valence electrons. The highest BCUT2D eigenvalue weighted by Gasteiger charge is 2.20. The van der Waals surface area contributed by atoms with Gasteiger partial charge in [0.2, 0.25) is 0 Å². The third-order valence-corrected chi connectivity index (χ3v) is 4.84. The van der Waals surface area contributed by atoms with Crippen molar-refractivity contribution in [1.82, 2.24) is 19.7 Å². The fraction of sp³-hybridized carbons (Fsp3) is 0.500. The van der Waals surface area contributed by atoms with Crippen molar-refractivity contribution in [2.24, 2.45) is 7.05 Å².